The first-order valence-corrected chi connectivity index (χ1v) is 9.99. The molecule has 150 valence electrons. The van der Waals surface area contributed by atoms with Crippen molar-refractivity contribution in [1.82, 2.24) is 9.88 Å². The minimum atomic E-state index is -0.341. The quantitative estimate of drug-likeness (QED) is 0.710. The van der Waals surface area contributed by atoms with Crippen LogP contribution in [0.15, 0.2) is 24.3 Å². The highest BCUT2D eigenvalue weighted by Crippen LogP contribution is 2.26. The van der Waals surface area contributed by atoms with Crippen LogP contribution in [-0.2, 0) is 20.8 Å². The van der Waals surface area contributed by atoms with Crippen molar-refractivity contribution < 1.29 is 19.1 Å². The molecule has 1 aliphatic rings. The molecule has 6 heteroatoms. The van der Waals surface area contributed by atoms with Crippen LogP contribution in [0.25, 0.3) is 10.9 Å². The van der Waals surface area contributed by atoms with Gasteiger partial charge >= 0.3 is 11.9 Å². The van der Waals surface area contributed by atoms with Gasteiger partial charge in [0.1, 0.15) is 0 Å². The predicted octanol–water partition coefficient (Wildman–Crippen LogP) is 3.50. The number of likely N-dealkylation sites (tertiary alicyclic amines) is 1. The van der Waals surface area contributed by atoms with E-state index in [1.165, 1.54) is 0 Å². The Labute approximate surface area is 165 Å². The largest absolute Gasteiger partial charge is 0.466 e. The van der Waals surface area contributed by atoms with E-state index in [0.717, 1.165) is 35.9 Å². The van der Waals surface area contributed by atoms with Crippen molar-refractivity contribution in [3.63, 3.8) is 0 Å². The average molecular weight is 384 g/mol. The van der Waals surface area contributed by atoms with Crippen molar-refractivity contribution in [3.8, 4) is 0 Å². The molecule has 1 aromatic carbocycles. The number of piperidine rings is 1. The maximum Gasteiger partial charge on any atom is 0.340 e. The van der Waals surface area contributed by atoms with Crippen molar-refractivity contribution in [2.45, 2.75) is 40.2 Å². The van der Waals surface area contributed by atoms with E-state index in [1.807, 2.05) is 38.1 Å². The number of aromatic nitrogens is 1. The van der Waals surface area contributed by atoms with Gasteiger partial charge in [-0.3, -0.25) is 14.7 Å². The Bertz CT molecular complexity index is 865. The molecule has 1 atom stereocenters. The molecule has 1 aromatic heterocycles. The van der Waals surface area contributed by atoms with Gasteiger partial charge in [0.25, 0.3) is 0 Å². The summed E-state index contributed by atoms with van der Waals surface area (Å²) in [5, 5.41) is 0.956. The molecule has 0 N–H and O–H groups in total. The summed E-state index contributed by atoms with van der Waals surface area (Å²) in [4.78, 5) is 31.8. The van der Waals surface area contributed by atoms with Crippen LogP contribution in [0.3, 0.4) is 0 Å². The minimum Gasteiger partial charge on any atom is -0.466 e. The molecule has 0 saturated carbocycles. The number of hydrogen-bond donors (Lipinski definition) is 0. The first kappa shape index (κ1) is 20.3. The number of rotatable bonds is 6. The lowest BCUT2D eigenvalue weighted by atomic mass is 9.97. The summed E-state index contributed by atoms with van der Waals surface area (Å²) in [6.07, 6.45) is 1.76. The van der Waals surface area contributed by atoms with E-state index in [4.69, 9.17) is 14.5 Å². The fraction of sp³-hybridized carbons (Fsp3) is 0.500. The van der Waals surface area contributed by atoms with Crippen molar-refractivity contribution in [2.24, 2.45) is 5.92 Å². The zero-order valence-corrected chi connectivity index (χ0v) is 16.9. The van der Waals surface area contributed by atoms with E-state index in [0.29, 0.717) is 37.6 Å². The Kier molecular flexibility index (Phi) is 6.62. The van der Waals surface area contributed by atoms with Crippen LogP contribution < -0.4 is 0 Å². The van der Waals surface area contributed by atoms with Gasteiger partial charge in [-0.25, -0.2) is 4.79 Å². The van der Waals surface area contributed by atoms with Crippen LogP contribution in [0.2, 0.25) is 0 Å². The second-order valence-electron chi connectivity index (χ2n) is 7.12. The third-order valence-electron chi connectivity index (χ3n) is 5.21. The van der Waals surface area contributed by atoms with E-state index in [-0.39, 0.29) is 17.9 Å². The molecule has 0 radical (unpaired) electrons. The van der Waals surface area contributed by atoms with Crippen LogP contribution in [-0.4, -0.2) is 48.1 Å². The van der Waals surface area contributed by atoms with Gasteiger partial charge in [0.2, 0.25) is 0 Å². The Morgan fingerprint density at radius 2 is 1.93 bits per heavy atom. The summed E-state index contributed by atoms with van der Waals surface area (Å²) < 4.78 is 10.5. The van der Waals surface area contributed by atoms with Gasteiger partial charge in [0.15, 0.2) is 0 Å². The number of para-hydroxylation sites is 1. The highest BCUT2D eigenvalue weighted by Gasteiger charge is 2.29. The third kappa shape index (κ3) is 4.33. The zero-order valence-electron chi connectivity index (χ0n) is 16.9. The SMILES string of the molecule is CCOC(=O)c1c(CN2CCCC(C(=O)OCC)C2)nc2ccccc2c1C. The van der Waals surface area contributed by atoms with Gasteiger partial charge in [0.05, 0.1) is 35.9 Å². The number of fused-ring (bicyclic) bond motifs is 1. The summed E-state index contributed by atoms with van der Waals surface area (Å²) in [5.41, 5.74) is 3.00. The Hall–Kier alpha value is -2.47. The Morgan fingerprint density at radius 3 is 2.68 bits per heavy atom. The fourth-order valence-electron chi connectivity index (χ4n) is 3.89. The lowest BCUT2D eigenvalue weighted by Gasteiger charge is -2.31. The molecule has 28 heavy (non-hydrogen) atoms. The van der Waals surface area contributed by atoms with Crippen LogP contribution >= 0.6 is 0 Å². The molecule has 0 amide bonds. The van der Waals surface area contributed by atoms with Crippen LogP contribution in [0.5, 0.6) is 0 Å². The molecule has 1 saturated heterocycles. The van der Waals surface area contributed by atoms with Gasteiger partial charge in [-0.2, -0.15) is 0 Å². The first-order chi connectivity index (χ1) is 13.5. The van der Waals surface area contributed by atoms with Gasteiger partial charge in [-0.1, -0.05) is 18.2 Å². The second kappa shape index (κ2) is 9.15. The number of aryl methyl sites for hydroxylation is 1. The second-order valence-corrected chi connectivity index (χ2v) is 7.12. The Morgan fingerprint density at radius 1 is 1.18 bits per heavy atom. The van der Waals surface area contributed by atoms with Crippen molar-refractivity contribution in [1.29, 1.82) is 0 Å². The summed E-state index contributed by atoms with van der Waals surface area (Å²) in [6.45, 7) is 8.28. The van der Waals surface area contributed by atoms with Gasteiger partial charge in [-0.15, -0.1) is 0 Å². The lowest BCUT2D eigenvalue weighted by Crippen LogP contribution is -2.39. The monoisotopic (exact) mass is 384 g/mol. The number of esters is 2. The number of benzene rings is 1. The third-order valence-corrected chi connectivity index (χ3v) is 5.21. The number of ether oxygens (including phenoxy) is 2. The van der Waals surface area contributed by atoms with E-state index in [1.54, 1.807) is 6.92 Å². The molecule has 0 spiro atoms. The number of pyridine rings is 1. The highest BCUT2D eigenvalue weighted by atomic mass is 16.5. The molecular weight excluding hydrogens is 356 g/mol. The number of carbonyl (C=O) groups is 2. The molecule has 2 heterocycles. The van der Waals surface area contributed by atoms with E-state index < -0.39 is 0 Å². The fourth-order valence-corrected chi connectivity index (χ4v) is 3.89. The maximum atomic E-state index is 12.7. The number of carbonyl (C=O) groups excluding carboxylic acids is 2. The molecule has 1 unspecified atom stereocenters. The first-order valence-electron chi connectivity index (χ1n) is 9.99. The van der Waals surface area contributed by atoms with E-state index in [9.17, 15) is 9.59 Å². The zero-order chi connectivity index (χ0) is 20.1. The number of hydrogen-bond acceptors (Lipinski definition) is 6. The summed E-state index contributed by atoms with van der Waals surface area (Å²) in [5.74, 6) is -0.603. The van der Waals surface area contributed by atoms with E-state index in [2.05, 4.69) is 4.90 Å². The molecular formula is C22H28N2O4. The molecule has 3 rings (SSSR count). The van der Waals surface area contributed by atoms with Gasteiger partial charge in [0, 0.05) is 18.5 Å². The van der Waals surface area contributed by atoms with Crippen LogP contribution in [0, 0.1) is 12.8 Å². The standard InChI is InChI=1S/C22H28N2O4/c1-4-27-21(25)16-9-8-12-24(13-16)14-19-20(22(26)28-5-2)15(3)17-10-6-7-11-18(17)23-19/h6-7,10-11,16H,4-5,8-9,12-14H2,1-3H3. The van der Waals surface area contributed by atoms with E-state index >= 15 is 0 Å². The van der Waals surface area contributed by atoms with Crippen LogP contribution in [0.1, 0.15) is 48.3 Å². The van der Waals surface area contributed by atoms with Crippen molar-refractivity contribution >= 4 is 22.8 Å². The topological polar surface area (TPSA) is 68.7 Å². The molecule has 0 bridgehead atoms. The summed E-state index contributed by atoms with van der Waals surface area (Å²) >= 11 is 0. The lowest BCUT2D eigenvalue weighted by molar-refractivity contribution is -0.150. The molecule has 1 aliphatic heterocycles. The highest BCUT2D eigenvalue weighted by molar-refractivity contribution is 5.98. The van der Waals surface area contributed by atoms with Crippen LogP contribution in [0.4, 0.5) is 0 Å². The number of nitrogens with zero attached hydrogens (tertiary/aromatic N) is 2. The average Bonchev–Trinajstić information content (AvgIpc) is 2.69. The molecule has 2 aromatic rings. The molecule has 0 aliphatic carbocycles. The maximum absolute atomic E-state index is 12.7. The minimum absolute atomic E-state index is 0.124. The van der Waals surface area contributed by atoms with Gasteiger partial charge in [-0.05, 0) is 51.8 Å². The molecule has 6 nitrogen and oxygen atoms in total. The van der Waals surface area contributed by atoms with Gasteiger partial charge < -0.3 is 9.47 Å². The normalized spacial score (nSPS) is 17.5. The summed E-state index contributed by atoms with van der Waals surface area (Å²) in [6, 6.07) is 7.82. The molecule has 1 fully saturated rings. The van der Waals surface area contributed by atoms with Crippen molar-refractivity contribution in [2.75, 3.05) is 26.3 Å². The van der Waals surface area contributed by atoms with Crippen molar-refractivity contribution in [3.05, 3.63) is 41.1 Å². The Balaban J connectivity index is 1.92. The predicted molar refractivity (Wildman–Crippen MR) is 107 cm³/mol. The smallest absolute Gasteiger partial charge is 0.340 e. The summed E-state index contributed by atoms with van der Waals surface area (Å²) in [7, 11) is 0.